The van der Waals surface area contributed by atoms with E-state index in [2.05, 4.69) is 15.1 Å². The zero-order chi connectivity index (χ0) is 14.8. The molecule has 2 aliphatic rings. The number of amides is 1. The Morgan fingerprint density at radius 2 is 1.95 bits per heavy atom. The first-order valence-corrected chi connectivity index (χ1v) is 7.48. The summed E-state index contributed by atoms with van der Waals surface area (Å²) in [5.74, 6) is 0.0750. The van der Waals surface area contributed by atoms with E-state index in [1.165, 1.54) is 0 Å². The van der Waals surface area contributed by atoms with Crippen LogP contribution in [0.3, 0.4) is 0 Å². The van der Waals surface area contributed by atoms with Crippen molar-refractivity contribution in [1.82, 2.24) is 4.90 Å². The Morgan fingerprint density at radius 3 is 2.67 bits per heavy atom. The zero-order valence-corrected chi connectivity index (χ0v) is 12.1. The van der Waals surface area contributed by atoms with E-state index >= 15 is 0 Å². The Bertz CT molecular complexity index is 539. The van der Waals surface area contributed by atoms with Gasteiger partial charge in [0.1, 0.15) is 0 Å². The van der Waals surface area contributed by atoms with Crippen LogP contribution in [0.5, 0.6) is 0 Å². The number of nitrogen functional groups attached to an aromatic ring is 1. The zero-order valence-electron chi connectivity index (χ0n) is 12.1. The van der Waals surface area contributed by atoms with Gasteiger partial charge < -0.3 is 21.1 Å². The summed E-state index contributed by atoms with van der Waals surface area (Å²) in [7, 11) is 0. The van der Waals surface area contributed by atoms with E-state index in [0.29, 0.717) is 6.42 Å². The van der Waals surface area contributed by atoms with E-state index in [4.69, 9.17) is 10.8 Å². The topological polar surface area (TPSA) is 81.8 Å². The number of aryl methyl sites for hydroxylation is 1. The van der Waals surface area contributed by atoms with Gasteiger partial charge in [-0.05, 0) is 24.1 Å². The number of rotatable bonds is 3. The van der Waals surface area contributed by atoms with Gasteiger partial charge in [0.05, 0.1) is 18.0 Å². The molecule has 1 aromatic carbocycles. The summed E-state index contributed by atoms with van der Waals surface area (Å²) in [5.41, 5.74) is 9.99. The first-order chi connectivity index (χ1) is 10.2. The summed E-state index contributed by atoms with van der Waals surface area (Å²) >= 11 is 0. The minimum Gasteiger partial charge on any atom is -0.397 e. The number of aliphatic hydroxyl groups excluding tert-OH is 1. The van der Waals surface area contributed by atoms with Crippen molar-refractivity contribution in [3.8, 4) is 0 Å². The number of carbonyl (C=O) groups is 1. The lowest BCUT2D eigenvalue weighted by Gasteiger charge is -2.36. The average molecular weight is 290 g/mol. The molecule has 3 rings (SSSR count). The van der Waals surface area contributed by atoms with Crippen molar-refractivity contribution in [3.05, 3.63) is 17.7 Å². The Hall–Kier alpha value is -1.79. The highest BCUT2D eigenvalue weighted by atomic mass is 16.3. The third-order valence-corrected chi connectivity index (χ3v) is 4.28. The Kier molecular flexibility index (Phi) is 3.98. The number of hydrogen-bond acceptors (Lipinski definition) is 5. The molecule has 0 unspecified atom stereocenters. The first-order valence-electron chi connectivity index (χ1n) is 7.48. The van der Waals surface area contributed by atoms with Crippen molar-refractivity contribution in [2.75, 3.05) is 55.3 Å². The standard InChI is InChI=1S/C15H22N4O2/c16-12-9-11-1-2-15(21)17-13(11)10-14(12)19-5-3-18(4-6-19)7-8-20/h9-10,20H,1-8,16H2,(H,17,21). The summed E-state index contributed by atoms with van der Waals surface area (Å²) in [6, 6.07) is 3.99. The molecule has 0 spiro atoms. The van der Waals surface area contributed by atoms with E-state index in [1.807, 2.05) is 12.1 Å². The van der Waals surface area contributed by atoms with Gasteiger partial charge in [0.15, 0.2) is 0 Å². The lowest BCUT2D eigenvalue weighted by molar-refractivity contribution is -0.116. The lowest BCUT2D eigenvalue weighted by Crippen LogP contribution is -2.47. The monoisotopic (exact) mass is 290 g/mol. The van der Waals surface area contributed by atoms with Crippen LogP contribution in [0.25, 0.3) is 0 Å². The number of piperazine rings is 1. The van der Waals surface area contributed by atoms with Crippen molar-refractivity contribution in [1.29, 1.82) is 0 Å². The number of β-amino-alcohol motifs (C(OH)–C–C–N with tert-alkyl or cyclic N) is 1. The molecular formula is C15H22N4O2. The Labute approximate surface area is 124 Å². The molecule has 2 heterocycles. The third-order valence-electron chi connectivity index (χ3n) is 4.28. The van der Waals surface area contributed by atoms with E-state index in [-0.39, 0.29) is 12.5 Å². The molecule has 1 saturated heterocycles. The molecule has 4 N–H and O–H groups in total. The SMILES string of the molecule is Nc1cc2c(cc1N1CCN(CCO)CC1)NC(=O)CC2. The predicted molar refractivity (Wildman–Crippen MR) is 83.5 cm³/mol. The molecule has 0 radical (unpaired) electrons. The van der Waals surface area contributed by atoms with Crippen LogP contribution in [0.2, 0.25) is 0 Å². The molecule has 1 amide bonds. The Morgan fingerprint density at radius 1 is 1.19 bits per heavy atom. The van der Waals surface area contributed by atoms with Gasteiger partial charge in [0.25, 0.3) is 0 Å². The number of nitrogens with one attached hydrogen (secondary N) is 1. The maximum absolute atomic E-state index is 11.5. The quantitative estimate of drug-likeness (QED) is 0.696. The summed E-state index contributed by atoms with van der Waals surface area (Å²) in [4.78, 5) is 16.0. The van der Waals surface area contributed by atoms with E-state index in [1.54, 1.807) is 0 Å². The molecule has 21 heavy (non-hydrogen) atoms. The van der Waals surface area contributed by atoms with Gasteiger partial charge in [-0.1, -0.05) is 0 Å². The molecule has 6 heteroatoms. The van der Waals surface area contributed by atoms with E-state index in [0.717, 1.165) is 61.8 Å². The van der Waals surface area contributed by atoms with Crippen molar-refractivity contribution in [2.45, 2.75) is 12.8 Å². The van der Waals surface area contributed by atoms with Gasteiger partial charge in [0.2, 0.25) is 5.91 Å². The fourth-order valence-electron chi connectivity index (χ4n) is 3.06. The average Bonchev–Trinajstić information content (AvgIpc) is 2.48. The molecule has 1 fully saturated rings. The molecule has 0 aromatic heterocycles. The number of aliphatic hydroxyl groups is 1. The maximum Gasteiger partial charge on any atom is 0.224 e. The maximum atomic E-state index is 11.5. The van der Waals surface area contributed by atoms with Crippen LogP contribution in [0.1, 0.15) is 12.0 Å². The molecular weight excluding hydrogens is 268 g/mol. The number of nitrogens with zero attached hydrogens (tertiary/aromatic N) is 2. The van der Waals surface area contributed by atoms with Crippen LogP contribution >= 0.6 is 0 Å². The highest BCUT2D eigenvalue weighted by Crippen LogP contribution is 2.33. The molecule has 0 atom stereocenters. The van der Waals surface area contributed by atoms with Gasteiger partial charge >= 0.3 is 0 Å². The van der Waals surface area contributed by atoms with Gasteiger partial charge in [-0.3, -0.25) is 9.69 Å². The first kappa shape index (κ1) is 14.2. The number of carbonyl (C=O) groups excluding carboxylic acids is 1. The fourth-order valence-corrected chi connectivity index (χ4v) is 3.06. The fraction of sp³-hybridized carbons (Fsp3) is 0.533. The number of benzene rings is 1. The number of nitrogens with two attached hydrogens (primary N) is 1. The van der Waals surface area contributed by atoms with Crippen molar-refractivity contribution >= 4 is 23.0 Å². The smallest absolute Gasteiger partial charge is 0.224 e. The molecule has 114 valence electrons. The summed E-state index contributed by atoms with van der Waals surface area (Å²) in [6.07, 6.45) is 1.29. The molecule has 0 bridgehead atoms. The van der Waals surface area contributed by atoms with Crippen molar-refractivity contribution < 1.29 is 9.90 Å². The largest absolute Gasteiger partial charge is 0.397 e. The second-order valence-electron chi connectivity index (χ2n) is 5.67. The van der Waals surface area contributed by atoms with Crippen LogP contribution in [0.4, 0.5) is 17.1 Å². The predicted octanol–water partition coefficient (Wildman–Crippen LogP) is 0.268. The van der Waals surface area contributed by atoms with Gasteiger partial charge in [0, 0.05) is 44.8 Å². The van der Waals surface area contributed by atoms with Crippen LogP contribution < -0.4 is 16.0 Å². The minimum absolute atomic E-state index is 0.0750. The molecule has 0 aliphatic carbocycles. The van der Waals surface area contributed by atoms with Crippen LogP contribution in [0.15, 0.2) is 12.1 Å². The van der Waals surface area contributed by atoms with Gasteiger partial charge in [-0.25, -0.2) is 0 Å². The number of fused-ring (bicyclic) bond motifs is 1. The van der Waals surface area contributed by atoms with Gasteiger partial charge in [-0.15, -0.1) is 0 Å². The minimum atomic E-state index is 0.0750. The second kappa shape index (κ2) is 5.91. The van der Waals surface area contributed by atoms with Crippen LogP contribution in [0, 0.1) is 0 Å². The number of hydrogen-bond donors (Lipinski definition) is 3. The third kappa shape index (κ3) is 2.96. The molecule has 2 aliphatic heterocycles. The van der Waals surface area contributed by atoms with E-state index in [9.17, 15) is 4.79 Å². The number of anilines is 3. The van der Waals surface area contributed by atoms with Gasteiger partial charge in [-0.2, -0.15) is 0 Å². The summed E-state index contributed by atoms with van der Waals surface area (Å²) in [6.45, 7) is 4.54. The summed E-state index contributed by atoms with van der Waals surface area (Å²) < 4.78 is 0. The highest BCUT2D eigenvalue weighted by molar-refractivity contribution is 5.95. The summed E-state index contributed by atoms with van der Waals surface area (Å²) in [5, 5.41) is 11.9. The Balaban J connectivity index is 1.77. The van der Waals surface area contributed by atoms with E-state index < -0.39 is 0 Å². The normalized spacial score (nSPS) is 19.3. The highest BCUT2D eigenvalue weighted by Gasteiger charge is 2.22. The van der Waals surface area contributed by atoms with Crippen molar-refractivity contribution in [3.63, 3.8) is 0 Å². The van der Waals surface area contributed by atoms with Crippen LogP contribution in [-0.4, -0.2) is 55.2 Å². The van der Waals surface area contributed by atoms with Crippen molar-refractivity contribution in [2.24, 2.45) is 0 Å². The van der Waals surface area contributed by atoms with Crippen LogP contribution in [-0.2, 0) is 11.2 Å². The lowest BCUT2D eigenvalue weighted by atomic mass is 10.0. The molecule has 1 aromatic rings. The molecule has 0 saturated carbocycles. The molecule has 6 nitrogen and oxygen atoms in total. The second-order valence-corrected chi connectivity index (χ2v) is 5.67.